The number of hydrogen-bond donors (Lipinski definition) is 1. The molecule has 0 spiro atoms. The maximum atomic E-state index is 11.0. The second-order valence-electron chi connectivity index (χ2n) is 2.44. The third-order valence-electron chi connectivity index (χ3n) is 1.25. The Bertz CT molecular complexity index is 271. The average Bonchev–Trinajstić information content (AvgIpc) is 2.36. The monoisotopic (exact) mass is 185 g/mol. The second-order valence-corrected chi connectivity index (χ2v) is 3.20. The third-order valence-corrected chi connectivity index (χ3v) is 1.97. The zero-order valence-electron chi connectivity index (χ0n) is 7.13. The first kappa shape index (κ1) is 9.12. The van der Waals surface area contributed by atoms with Gasteiger partial charge in [-0.2, -0.15) is 4.37 Å². The molecule has 4 nitrogen and oxygen atoms in total. The number of hydrogen-bond acceptors (Lipinski definition) is 4. The van der Waals surface area contributed by atoms with Gasteiger partial charge < -0.3 is 5.32 Å². The van der Waals surface area contributed by atoms with E-state index in [4.69, 9.17) is 0 Å². The molecule has 1 amide bonds. The quantitative estimate of drug-likeness (QED) is 0.778. The van der Waals surface area contributed by atoms with Gasteiger partial charge in [0.2, 0.25) is 11.0 Å². The van der Waals surface area contributed by atoms with Gasteiger partial charge in [-0.25, -0.2) is 4.98 Å². The summed E-state index contributed by atoms with van der Waals surface area (Å²) >= 11 is 1.21. The molecule has 0 atom stereocenters. The van der Waals surface area contributed by atoms with Crippen molar-refractivity contribution in [2.24, 2.45) is 0 Å². The molecule has 12 heavy (non-hydrogen) atoms. The van der Waals surface area contributed by atoms with Gasteiger partial charge in [0, 0.05) is 18.0 Å². The van der Waals surface area contributed by atoms with Crippen molar-refractivity contribution in [2.45, 2.75) is 26.7 Å². The molecule has 0 fully saturated rings. The largest absolute Gasteiger partial charge is 0.301 e. The third kappa shape index (κ3) is 2.58. The summed E-state index contributed by atoms with van der Waals surface area (Å²) in [5, 5.41) is 3.26. The number of aromatic nitrogens is 2. The normalized spacial score (nSPS) is 9.83. The van der Waals surface area contributed by atoms with E-state index < -0.39 is 0 Å². The number of amides is 1. The van der Waals surface area contributed by atoms with Crippen LogP contribution in [-0.2, 0) is 4.79 Å². The zero-order chi connectivity index (χ0) is 8.97. The summed E-state index contributed by atoms with van der Waals surface area (Å²) in [7, 11) is 0. The lowest BCUT2D eigenvalue weighted by Gasteiger charge is -1.96. The van der Waals surface area contributed by atoms with Crippen LogP contribution in [-0.4, -0.2) is 15.3 Å². The Kier molecular flexibility index (Phi) is 3.16. The minimum absolute atomic E-state index is 0.00801. The Morgan fingerprint density at radius 3 is 2.92 bits per heavy atom. The molecule has 1 aromatic heterocycles. The SMILES string of the molecule is CCCC(=O)Nc1nc(C)ns1. The van der Waals surface area contributed by atoms with Gasteiger partial charge in [-0.05, 0) is 13.3 Å². The van der Waals surface area contributed by atoms with E-state index in [9.17, 15) is 4.79 Å². The molecule has 0 unspecified atom stereocenters. The summed E-state index contributed by atoms with van der Waals surface area (Å²) in [6, 6.07) is 0. The van der Waals surface area contributed by atoms with Gasteiger partial charge in [0.15, 0.2) is 0 Å². The highest BCUT2D eigenvalue weighted by atomic mass is 32.1. The number of nitrogens with one attached hydrogen (secondary N) is 1. The maximum absolute atomic E-state index is 11.0. The van der Waals surface area contributed by atoms with Gasteiger partial charge in [-0.3, -0.25) is 4.79 Å². The fraction of sp³-hybridized carbons (Fsp3) is 0.571. The van der Waals surface area contributed by atoms with E-state index in [2.05, 4.69) is 14.7 Å². The van der Waals surface area contributed by atoms with Gasteiger partial charge in [0.25, 0.3) is 0 Å². The van der Waals surface area contributed by atoms with Crippen LogP contribution in [0.25, 0.3) is 0 Å². The fourth-order valence-corrected chi connectivity index (χ4v) is 1.35. The molecule has 1 aromatic rings. The molecule has 0 saturated heterocycles. The van der Waals surface area contributed by atoms with Crippen molar-refractivity contribution in [3.05, 3.63) is 5.82 Å². The molecule has 0 aliphatic carbocycles. The average molecular weight is 185 g/mol. The molecule has 66 valence electrons. The molecule has 0 bridgehead atoms. The molecule has 0 aromatic carbocycles. The van der Waals surface area contributed by atoms with Gasteiger partial charge >= 0.3 is 0 Å². The highest BCUT2D eigenvalue weighted by Gasteiger charge is 2.03. The highest BCUT2D eigenvalue weighted by molar-refractivity contribution is 7.09. The van der Waals surface area contributed by atoms with Crippen LogP contribution in [0.3, 0.4) is 0 Å². The number of anilines is 1. The van der Waals surface area contributed by atoms with Crippen molar-refractivity contribution in [3.63, 3.8) is 0 Å². The minimum atomic E-state index is 0.00801. The molecule has 1 heterocycles. The van der Waals surface area contributed by atoms with Crippen molar-refractivity contribution in [2.75, 3.05) is 5.32 Å². The predicted molar refractivity (Wildman–Crippen MR) is 48.2 cm³/mol. The number of carbonyl (C=O) groups excluding carboxylic acids is 1. The summed E-state index contributed by atoms with van der Waals surface area (Å²) in [5.74, 6) is 0.709. The predicted octanol–water partition coefficient (Wildman–Crippen LogP) is 1.59. The molecular formula is C7H11N3OS. The minimum Gasteiger partial charge on any atom is -0.301 e. The smallest absolute Gasteiger partial charge is 0.226 e. The molecule has 0 saturated carbocycles. The first-order valence-electron chi connectivity index (χ1n) is 3.82. The number of rotatable bonds is 3. The lowest BCUT2D eigenvalue weighted by Crippen LogP contribution is -2.10. The van der Waals surface area contributed by atoms with Gasteiger partial charge in [-0.15, -0.1) is 0 Å². The molecule has 5 heteroatoms. The van der Waals surface area contributed by atoms with Gasteiger partial charge in [0.1, 0.15) is 5.82 Å². The lowest BCUT2D eigenvalue weighted by molar-refractivity contribution is -0.116. The van der Waals surface area contributed by atoms with Crippen molar-refractivity contribution in [3.8, 4) is 0 Å². The summed E-state index contributed by atoms with van der Waals surface area (Å²) in [6.45, 7) is 3.76. The van der Waals surface area contributed by atoms with Crippen molar-refractivity contribution in [1.29, 1.82) is 0 Å². The van der Waals surface area contributed by atoms with Crippen LogP contribution in [0, 0.1) is 6.92 Å². The second kappa shape index (κ2) is 4.15. The van der Waals surface area contributed by atoms with Crippen LogP contribution in [0.15, 0.2) is 0 Å². The number of nitrogens with zero attached hydrogens (tertiary/aromatic N) is 2. The number of aryl methyl sites for hydroxylation is 1. The van der Waals surface area contributed by atoms with Crippen LogP contribution in [0.1, 0.15) is 25.6 Å². The Hall–Kier alpha value is -0.970. The Balaban J connectivity index is 2.46. The first-order chi connectivity index (χ1) is 5.72. The van der Waals surface area contributed by atoms with E-state index in [1.165, 1.54) is 11.5 Å². The summed E-state index contributed by atoms with van der Waals surface area (Å²) in [4.78, 5) is 15.1. The van der Waals surface area contributed by atoms with Crippen LogP contribution in [0.5, 0.6) is 0 Å². The maximum Gasteiger partial charge on any atom is 0.226 e. The Morgan fingerprint density at radius 1 is 1.67 bits per heavy atom. The van der Waals surface area contributed by atoms with E-state index in [1.807, 2.05) is 6.92 Å². The van der Waals surface area contributed by atoms with Crippen LogP contribution >= 0.6 is 11.5 Å². The summed E-state index contributed by atoms with van der Waals surface area (Å²) < 4.78 is 3.95. The number of carbonyl (C=O) groups is 1. The molecule has 0 aliphatic rings. The molecule has 1 rings (SSSR count). The van der Waals surface area contributed by atoms with Crippen molar-refractivity contribution < 1.29 is 4.79 Å². The van der Waals surface area contributed by atoms with E-state index in [1.54, 1.807) is 6.92 Å². The Morgan fingerprint density at radius 2 is 2.42 bits per heavy atom. The van der Waals surface area contributed by atoms with Gasteiger partial charge in [-0.1, -0.05) is 6.92 Å². The van der Waals surface area contributed by atoms with E-state index >= 15 is 0 Å². The summed E-state index contributed by atoms with van der Waals surface area (Å²) in [6.07, 6.45) is 1.39. The standard InChI is InChI=1S/C7H11N3OS/c1-3-4-6(11)9-7-8-5(2)10-12-7/h3-4H2,1-2H3,(H,8,9,10,11). The van der Waals surface area contributed by atoms with Crippen LogP contribution < -0.4 is 5.32 Å². The molecule has 0 aliphatic heterocycles. The van der Waals surface area contributed by atoms with E-state index in [0.29, 0.717) is 17.4 Å². The summed E-state index contributed by atoms with van der Waals surface area (Å²) in [5.41, 5.74) is 0. The molecule has 0 radical (unpaired) electrons. The topological polar surface area (TPSA) is 54.9 Å². The molecular weight excluding hydrogens is 174 g/mol. The molecule has 1 N–H and O–H groups in total. The van der Waals surface area contributed by atoms with Gasteiger partial charge in [0.05, 0.1) is 0 Å². The highest BCUT2D eigenvalue weighted by Crippen LogP contribution is 2.10. The van der Waals surface area contributed by atoms with Crippen LogP contribution in [0.2, 0.25) is 0 Å². The Labute approximate surface area is 75.2 Å². The van der Waals surface area contributed by atoms with Crippen molar-refractivity contribution in [1.82, 2.24) is 9.36 Å². The van der Waals surface area contributed by atoms with Crippen LogP contribution in [0.4, 0.5) is 5.13 Å². The zero-order valence-corrected chi connectivity index (χ0v) is 7.94. The van der Waals surface area contributed by atoms with E-state index in [0.717, 1.165) is 6.42 Å². The lowest BCUT2D eigenvalue weighted by atomic mass is 10.3. The van der Waals surface area contributed by atoms with Crippen molar-refractivity contribution >= 4 is 22.6 Å². The van der Waals surface area contributed by atoms with E-state index in [-0.39, 0.29) is 5.91 Å². The first-order valence-corrected chi connectivity index (χ1v) is 4.60. The fourth-order valence-electron chi connectivity index (χ4n) is 0.757.